The third-order valence-electron chi connectivity index (χ3n) is 2.65. The zero-order chi connectivity index (χ0) is 9.10. The average Bonchev–Trinajstić information content (AvgIpc) is 2.67. The molecule has 78 valence electrons. The summed E-state index contributed by atoms with van der Waals surface area (Å²) in [7, 11) is 0. The van der Waals surface area contributed by atoms with E-state index in [4.69, 9.17) is 10.5 Å². The standard InChI is InChI=1S/C11H15NO.ClH/c12-8-10-6-7-13-11(10)9-4-2-1-3-5-9;/h1-5,10-11H,6-8,12H2;1H. The Balaban J connectivity index is 0.000000980. The number of ether oxygens (including phenoxy) is 1. The lowest BCUT2D eigenvalue weighted by molar-refractivity contribution is 0.0925. The normalized spacial score (nSPS) is 25.8. The quantitative estimate of drug-likeness (QED) is 0.817. The van der Waals surface area contributed by atoms with Crippen molar-refractivity contribution in [2.75, 3.05) is 13.2 Å². The summed E-state index contributed by atoms with van der Waals surface area (Å²) in [4.78, 5) is 0. The zero-order valence-corrected chi connectivity index (χ0v) is 8.87. The van der Waals surface area contributed by atoms with Crippen LogP contribution in [0, 0.1) is 5.92 Å². The second-order valence-corrected chi connectivity index (χ2v) is 3.49. The highest BCUT2D eigenvalue weighted by molar-refractivity contribution is 5.85. The van der Waals surface area contributed by atoms with Gasteiger partial charge >= 0.3 is 0 Å². The number of hydrogen-bond donors (Lipinski definition) is 1. The molecule has 1 aliphatic heterocycles. The Hall–Kier alpha value is -0.570. The van der Waals surface area contributed by atoms with Crippen LogP contribution in [0.2, 0.25) is 0 Å². The van der Waals surface area contributed by atoms with Crippen molar-refractivity contribution in [2.24, 2.45) is 11.7 Å². The summed E-state index contributed by atoms with van der Waals surface area (Å²) in [5.41, 5.74) is 6.94. The van der Waals surface area contributed by atoms with Gasteiger partial charge in [-0.1, -0.05) is 30.3 Å². The van der Waals surface area contributed by atoms with Gasteiger partial charge in [-0.15, -0.1) is 12.4 Å². The van der Waals surface area contributed by atoms with Crippen molar-refractivity contribution in [1.82, 2.24) is 0 Å². The summed E-state index contributed by atoms with van der Waals surface area (Å²) < 4.78 is 5.66. The number of rotatable bonds is 2. The predicted molar refractivity (Wildman–Crippen MR) is 59.5 cm³/mol. The van der Waals surface area contributed by atoms with Gasteiger partial charge in [0.25, 0.3) is 0 Å². The molecule has 2 rings (SSSR count). The van der Waals surface area contributed by atoms with Crippen molar-refractivity contribution >= 4 is 12.4 Å². The van der Waals surface area contributed by atoms with E-state index in [9.17, 15) is 0 Å². The fraction of sp³-hybridized carbons (Fsp3) is 0.455. The molecule has 0 spiro atoms. The molecule has 0 bridgehead atoms. The fourth-order valence-corrected chi connectivity index (χ4v) is 1.89. The van der Waals surface area contributed by atoms with Crippen molar-refractivity contribution in [2.45, 2.75) is 12.5 Å². The highest BCUT2D eigenvalue weighted by atomic mass is 35.5. The van der Waals surface area contributed by atoms with Crippen LogP contribution < -0.4 is 5.73 Å². The molecule has 0 saturated carbocycles. The summed E-state index contributed by atoms with van der Waals surface area (Å²) in [5, 5.41) is 0. The van der Waals surface area contributed by atoms with Gasteiger partial charge in [0.2, 0.25) is 0 Å². The summed E-state index contributed by atoms with van der Waals surface area (Å²) in [5.74, 6) is 0.502. The van der Waals surface area contributed by atoms with Gasteiger partial charge in [-0.3, -0.25) is 0 Å². The number of hydrogen-bond acceptors (Lipinski definition) is 2. The number of nitrogens with two attached hydrogens (primary N) is 1. The van der Waals surface area contributed by atoms with Gasteiger partial charge < -0.3 is 10.5 Å². The van der Waals surface area contributed by atoms with E-state index in [1.165, 1.54) is 5.56 Å². The van der Waals surface area contributed by atoms with E-state index in [0.717, 1.165) is 19.6 Å². The minimum absolute atomic E-state index is 0. The van der Waals surface area contributed by atoms with Crippen LogP contribution >= 0.6 is 12.4 Å². The molecule has 2 nitrogen and oxygen atoms in total. The second-order valence-electron chi connectivity index (χ2n) is 3.49. The van der Waals surface area contributed by atoms with Gasteiger partial charge in [0.05, 0.1) is 6.10 Å². The lowest BCUT2D eigenvalue weighted by atomic mass is 9.96. The summed E-state index contributed by atoms with van der Waals surface area (Å²) in [6, 6.07) is 10.3. The van der Waals surface area contributed by atoms with Gasteiger partial charge in [-0.05, 0) is 18.5 Å². The first kappa shape index (κ1) is 11.5. The average molecular weight is 214 g/mol. The number of halogens is 1. The molecule has 1 aliphatic rings. The molecule has 1 heterocycles. The molecular weight excluding hydrogens is 198 g/mol. The largest absolute Gasteiger partial charge is 0.373 e. The molecule has 2 atom stereocenters. The molecule has 1 saturated heterocycles. The zero-order valence-electron chi connectivity index (χ0n) is 8.06. The monoisotopic (exact) mass is 213 g/mol. The minimum atomic E-state index is 0. The van der Waals surface area contributed by atoms with Crippen molar-refractivity contribution in [3.05, 3.63) is 35.9 Å². The minimum Gasteiger partial charge on any atom is -0.373 e. The summed E-state index contributed by atoms with van der Waals surface area (Å²) >= 11 is 0. The molecule has 14 heavy (non-hydrogen) atoms. The first-order valence-corrected chi connectivity index (χ1v) is 4.78. The maximum Gasteiger partial charge on any atom is 0.0865 e. The van der Waals surface area contributed by atoms with E-state index in [-0.39, 0.29) is 18.5 Å². The summed E-state index contributed by atoms with van der Waals surface area (Å²) in [6.45, 7) is 1.57. The molecule has 2 unspecified atom stereocenters. The molecule has 1 fully saturated rings. The molecule has 0 amide bonds. The Labute approximate surface area is 90.9 Å². The SMILES string of the molecule is Cl.NCC1CCOC1c1ccccc1. The van der Waals surface area contributed by atoms with E-state index in [0.29, 0.717) is 5.92 Å². The van der Waals surface area contributed by atoms with Crippen LogP contribution in [0.3, 0.4) is 0 Å². The van der Waals surface area contributed by atoms with Gasteiger partial charge in [-0.2, -0.15) is 0 Å². The van der Waals surface area contributed by atoms with Crippen LogP contribution in [0.25, 0.3) is 0 Å². The Kier molecular flexibility index (Phi) is 4.39. The van der Waals surface area contributed by atoms with Crippen LogP contribution in [-0.2, 0) is 4.74 Å². The highest BCUT2D eigenvalue weighted by Crippen LogP contribution is 2.33. The summed E-state index contributed by atoms with van der Waals surface area (Å²) in [6.07, 6.45) is 1.32. The Morgan fingerprint density at radius 1 is 1.29 bits per heavy atom. The number of benzene rings is 1. The Bertz CT molecular complexity index is 265. The van der Waals surface area contributed by atoms with E-state index in [1.807, 2.05) is 18.2 Å². The van der Waals surface area contributed by atoms with Gasteiger partial charge in [0.1, 0.15) is 0 Å². The molecule has 0 aliphatic carbocycles. The van der Waals surface area contributed by atoms with Gasteiger partial charge in [0.15, 0.2) is 0 Å². The van der Waals surface area contributed by atoms with Crippen molar-refractivity contribution in [3.63, 3.8) is 0 Å². The maximum absolute atomic E-state index is 5.68. The fourth-order valence-electron chi connectivity index (χ4n) is 1.89. The molecule has 3 heteroatoms. The van der Waals surface area contributed by atoms with Crippen LogP contribution in [0.4, 0.5) is 0 Å². The molecule has 0 radical (unpaired) electrons. The van der Waals surface area contributed by atoms with Gasteiger partial charge in [0, 0.05) is 12.5 Å². The van der Waals surface area contributed by atoms with Gasteiger partial charge in [-0.25, -0.2) is 0 Å². The van der Waals surface area contributed by atoms with Crippen LogP contribution in [0.5, 0.6) is 0 Å². The van der Waals surface area contributed by atoms with Crippen LogP contribution in [0.1, 0.15) is 18.1 Å². The third-order valence-corrected chi connectivity index (χ3v) is 2.65. The predicted octanol–water partition coefficient (Wildman–Crippen LogP) is 2.14. The molecular formula is C11H16ClNO. The van der Waals surface area contributed by atoms with E-state index >= 15 is 0 Å². The first-order valence-electron chi connectivity index (χ1n) is 4.78. The van der Waals surface area contributed by atoms with Crippen LogP contribution in [-0.4, -0.2) is 13.2 Å². The highest BCUT2D eigenvalue weighted by Gasteiger charge is 2.27. The van der Waals surface area contributed by atoms with Crippen molar-refractivity contribution in [1.29, 1.82) is 0 Å². The lowest BCUT2D eigenvalue weighted by Gasteiger charge is -2.16. The van der Waals surface area contributed by atoms with E-state index < -0.39 is 0 Å². The molecule has 1 aromatic carbocycles. The maximum atomic E-state index is 5.68. The first-order chi connectivity index (χ1) is 6.42. The molecule has 0 aromatic heterocycles. The topological polar surface area (TPSA) is 35.2 Å². The van der Waals surface area contributed by atoms with E-state index in [1.54, 1.807) is 0 Å². The lowest BCUT2D eigenvalue weighted by Crippen LogP contribution is -2.17. The Morgan fingerprint density at radius 3 is 2.64 bits per heavy atom. The van der Waals surface area contributed by atoms with Crippen molar-refractivity contribution in [3.8, 4) is 0 Å². The van der Waals surface area contributed by atoms with Crippen LogP contribution in [0.15, 0.2) is 30.3 Å². The molecule has 2 N–H and O–H groups in total. The Morgan fingerprint density at radius 2 is 2.00 bits per heavy atom. The van der Waals surface area contributed by atoms with Crippen molar-refractivity contribution < 1.29 is 4.74 Å². The smallest absolute Gasteiger partial charge is 0.0865 e. The third kappa shape index (κ3) is 2.27. The molecule has 1 aromatic rings. The second kappa shape index (κ2) is 5.35. The van der Waals surface area contributed by atoms with E-state index in [2.05, 4.69) is 12.1 Å².